The van der Waals surface area contributed by atoms with E-state index in [-0.39, 0.29) is 17.1 Å². The second-order valence-electron chi connectivity index (χ2n) is 3.11. The fourth-order valence-corrected chi connectivity index (χ4v) is 1.32. The molecule has 0 saturated carbocycles. The summed E-state index contributed by atoms with van der Waals surface area (Å²) in [5.74, 6) is -0.0273. The van der Waals surface area contributed by atoms with E-state index in [1.807, 2.05) is 0 Å². The van der Waals surface area contributed by atoms with E-state index in [0.717, 1.165) is 0 Å². The standard InChI is InChI=1S/C9H8F2N4O2/c1-17-5-2-3-7(16)6(4-5)8-12-13-14-15(8)9(10)11/h2-4,9,16H,1H3. The summed E-state index contributed by atoms with van der Waals surface area (Å²) < 4.78 is 30.4. The summed E-state index contributed by atoms with van der Waals surface area (Å²) in [4.78, 5) is 0. The molecule has 0 radical (unpaired) electrons. The molecule has 6 nitrogen and oxygen atoms in total. The summed E-state index contributed by atoms with van der Waals surface area (Å²) in [5.41, 5.74) is 0.0784. The minimum Gasteiger partial charge on any atom is -0.507 e. The van der Waals surface area contributed by atoms with Crippen LogP contribution >= 0.6 is 0 Å². The third kappa shape index (κ3) is 2.01. The third-order valence-corrected chi connectivity index (χ3v) is 2.12. The van der Waals surface area contributed by atoms with Crippen molar-refractivity contribution in [2.45, 2.75) is 6.55 Å². The van der Waals surface area contributed by atoms with E-state index in [2.05, 4.69) is 15.5 Å². The second kappa shape index (κ2) is 4.32. The normalized spacial score (nSPS) is 10.8. The molecule has 0 atom stereocenters. The molecule has 0 bridgehead atoms. The average Bonchev–Trinajstić information content (AvgIpc) is 2.78. The van der Waals surface area contributed by atoms with Crippen molar-refractivity contribution >= 4 is 0 Å². The quantitative estimate of drug-likeness (QED) is 0.881. The van der Waals surface area contributed by atoms with Crippen LogP contribution in [0.1, 0.15) is 6.55 Å². The number of hydrogen-bond donors (Lipinski definition) is 1. The van der Waals surface area contributed by atoms with Crippen LogP contribution in [0, 0.1) is 0 Å². The van der Waals surface area contributed by atoms with Crippen molar-refractivity contribution < 1.29 is 18.6 Å². The van der Waals surface area contributed by atoms with Gasteiger partial charge in [0.2, 0.25) is 0 Å². The Balaban J connectivity index is 2.55. The minimum atomic E-state index is -2.88. The SMILES string of the molecule is COc1ccc(O)c(-c2nnnn2C(F)F)c1. The number of hydrogen-bond acceptors (Lipinski definition) is 5. The highest BCUT2D eigenvalue weighted by Gasteiger charge is 2.19. The molecule has 1 aromatic heterocycles. The molecule has 0 fully saturated rings. The third-order valence-electron chi connectivity index (χ3n) is 2.12. The highest BCUT2D eigenvalue weighted by molar-refractivity contribution is 5.65. The number of tetrazole rings is 1. The van der Waals surface area contributed by atoms with Crippen molar-refractivity contribution in [1.82, 2.24) is 20.2 Å². The number of rotatable bonds is 3. The zero-order valence-corrected chi connectivity index (χ0v) is 8.71. The van der Waals surface area contributed by atoms with Gasteiger partial charge in [0.05, 0.1) is 12.7 Å². The number of phenols is 1. The molecule has 1 N–H and O–H groups in total. The van der Waals surface area contributed by atoms with E-state index in [0.29, 0.717) is 10.4 Å². The molecule has 0 unspecified atom stereocenters. The Hall–Kier alpha value is -2.25. The maximum atomic E-state index is 12.6. The van der Waals surface area contributed by atoms with Gasteiger partial charge in [-0.1, -0.05) is 0 Å². The van der Waals surface area contributed by atoms with Gasteiger partial charge in [-0.15, -0.1) is 5.10 Å². The molecule has 1 heterocycles. The van der Waals surface area contributed by atoms with Gasteiger partial charge in [0.25, 0.3) is 0 Å². The lowest BCUT2D eigenvalue weighted by atomic mass is 10.2. The van der Waals surface area contributed by atoms with Crippen LogP contribution in [0.15, 0.2) is 18.2 Å². The topological polar surface area (TPSA) is 73.1 Å². The number of nitrogens with zero attached hydrogens (tertiary/aromatic N) is 4. The van der Waals surface area contributed by atoms with Crippen LogP contribution in [0.3, 0.4) is 0 Å². The van der Waals surface area contributed by atoms with Gasteiger partial charge in [-0.25, -0.2) is 0 Å². The first-order valence-corrected chi connectivity index (χ1v) is 4.57. The lowest BCUT2D eigenvalue weighted by Gasteiger charge is -2.07. The Morgan fingerprint density at radius 2 is 2.18 bits per heavy atom. The molecular formula is C9H8F2N4O2. The summed E-state index contributed by atoms with van der Waals surface area (Å²) in [6, 6.07) is 4.19. The molecule has 0 amide bonds. The Labute approximate surface area is 94.4 Å². The maximum absolute atomic E-state index is 12.6. The molecule has 90 valence electrons. The lowest BCUT2D eigenvalue weighted by molar-refractivity contribution is 0.0564. The van der Waals surface area contributed by atoms with Gasteiger partial charge in [-0.3, -0.25) is 0 Å². The predicted octanol–water partition coefficient (Wildman–Crippen LogP) is 1.45. The van der Waals surface area contributed by atoms with Gasteiger partial charge in [0.1, 0.15) is 11.5 Å². The van der Waals surface area contributed by atoms with E-state index in [9.17, 15) is 13.9 Å². The highest BCUT2D eigenvalue weighted by atomic mass is 19.3. The molecule has 0 aliphatic heterocycles. The Morgan fingerprint density at radius 3 is 2.82 bits per heavy atom. The molecule has 2 rings (SSSR count). The maximum Gasteiger partial charge on any atom is 0.336 e. The molecule has 1 aromatic carbocycles. The molecule has 2 aromatic rings. The number of ether oxygens (including phenoxy) is 1. The van der Waals surface area contributed by atoms with Crippen LogP contribution in [0.4, 0.5) is 8.78 Å². The van der Waals surface area contributed by atoms with E-state index in [4.69, 9.17) is 4.74 Å². The number of methoxy groups -OCH3 is 1. The van der Waals surface area contributed by atoms with Gasteiger partial charge in [0.15, 0.2) is 5.82 Å². The number of alkyl halides is 2. The van der Waals surface area contributed by atoms with Gasteiger partial charge in [-0.05, 0) is 28.6 Å². The Kier molecular flexibility index (Phi) is 2.86. The predicted molar refractivity (Wildman–Crippen MR) is 52.7 cm³/mol. The molecule has 0 aliphatic rings. The first kappa shape index (κ1) is 11.2. The van der Waals surface area contributed by atoms with Gasteiger partial charge >= 0.3 is 6.55 Å². The monoisotopic (exact) mass is 242 g/mol. The minimum absolute atomic E-state index is 0.0784. The molecule has 0 aliphatic carbocycles. The van der Waals surface area contributed by atoms with Crippen molar-refractivity contribution in [2.24, 2.45) is 0 Å². The summed E-state index contributed by atoms with van der Waals surface area (Å²) in [6.45, 7) is -2.88. The first-order chi connectivity index (χ1) is 8.13. The van der Waals surface area contributed by atoms with E-state index in [1.54, 1.807) is 0 Å². The van der Waals surface area contributed by atoms with Crippen molar-refractivity contribution in [2.75, 3.05) is 7.11 Å². The summed E-state index contributed by atoms with van der Waals surface area (Å²) in [5, 5.41) is 19.3. The number of phenolic OH excluding ortho intramolecular Hbond substituents is 1. The van der Waals surface area contributed by atoms with Crippen molar-refractivity contribution in [3.05, 3.63) is 18.2 Å². The summed E-state index contributed by atoms with van der Waals surface area (Å²) >= 11 is 0. The van der Waals surface area contributed by atoms with Crippen molar-refractivity contribution in [3.8, 4) is 22.9 Å². The summed E-state index contributed by atoms with van der Waals surface area (Å²) in [6.07, 6.45) is 0. The van der Waals surface area contributed by atoms with Crippen LogP contribution in [-0.4, -0.2) is 32.4 Å². The van der Waals surface area contributed by atoms with Crippen molar-refractivity contribution in [3.63, 3.8) is 0 Å². The smallest absolute Gasteiger partial charge is 0.336 e. The molecular weight excluding hydrogens is 234 g/mol. The van der Waals surface area contributed by atoms with Crippen molar-refractivity contribution in [1.29, 1.82) is 0 Å². The van der Waals surface area contributed by atoms with Crippen LogP contribution < -0.4 is 4.74 Å². The van der Waals surface area contributed by atoms with E-state index in [1.165, 1.54) is 25.3 Å². The number of benzene rings is 1. The largest absolute Gasteiger partial charge is 0.507 e. The number of aromatic hydroxyl groups is 1. The van der Waals surface area contributed by atoms with Crippen LogP contribution in [0.25, 0.3) is 11.4 Å². The zero-order chi connectivity index (χ0) is 12.4. The van der Waals surface area contributed by atoms with Crippen LogP contribution in [0.2, 0.25) is 0 Å². The lowest BCUT2D eigenvalue weighted by Crippen LogP contribution is -2.03. The Bertz CT molecular complexity index is 529. The molecule has 0 saturated heterocycles. The Morgan fingerprint density at radius 1 is 1.41 bits per heavy atom. The van der Waals surface area contributed by atoms with Gasteiger partial charge < -0.3 is 9.84 Å². The molecule has 8 heteroatoms. The molecule has 17 heavy (non-hydrogen) atoms. The van der Waals surface area contributed by atoms with Crippen LogP contribution in [0.5, 0.6) is 11.5 Å². The fourth-order valence-electron chi connectivity index (χ4n) is 1.32. The summed E-state index contributed by atoms with van der Waals surface area (Å²) in [7, 11) is 1.42. The molecule has 0 spiro atoms. The first-order valence-electron chi connectivity index (χ1n) is 4.57. The highest BCUT2D eigenvalue weighted by Crippen LogP contribution is 2.32. The second-order valence-corrected chi connectivity index (χ2v) is 3.11. The van der Waals surface area contributed by atoms with E-state index >= 15 is 0 Å². The zero-order valence-electron chi connectivity index (χ0n) is 8.71. The average molecular weight is 242 g/mol. The van der Waals surface area contributed by atoms with Crippen LogP contribution in [-0.2, 0) is 0 Å². The number of halogens is 2. The van der Waals surface area contributed by atoms with Gasteiger partial charge in [0, 0.05) is 0 Å². The number of aromatic nitrogens is 4. The van der Waals surface area contributed by atoms with E-state index < -0.39 is 6.55 Å². The fraction of sp³-hybridized carbons (Fsp3) is 0.222. The van der Waals surface area contributed by atoms with Gasteiger partial charge in [-0.2, -0.15) is 13.5 Å².